The Balaban J connectivity index is 1.84. The van der Waals surface area contributed by atoms with Crippen LogP contribution in [0.3, 0.4) is 0 Å². The van der Waals surface area contributed by atoms with Crippen molar-refractivity contribution in [2.45, 2.75) is 6.10 Å². The lowest BCUT2D eigenvalue weighted by molar-refractivity contribution is -0.156. The highest BCUT2D eigenvalue weighted by Gasteiger charge is 2.27. The molecular weight excluding hydrogens is 252 g/mol. The van der Waals surface area contributed by atoms with E-state index in [-0.39, 0.29) is 18.5 Å². The Bertz CT molecular complexity index is 617. The van der Waals surface area contributed by atoms with Gasteiger partial charge in [-0.05, 0) is 17.2 Å². The number of carbonyl (C=O) groups is 1. The summed E-state index contributed by atoms with van der Waals surface area (Å²) in [5, 5.41) is 0. The van der Waals surface area contributed by atoms with Gasteiger partial charge in [0.2, 0.25) is 5.76 Å². The number of benzene rings is 2. The highest BCUT2D eigenvalue weighted by Crippen LogP contribution is 2.27. The first-order valence-corrected chi connectivity index (χ1v) is 6.48. The summed E-state index contributed by atoms with van der Waals surface area (Å²) in [7, 11) is 0. The number of esters is 1. The van der Waals surface area contributed by atoms with E-state index in [1.807, 2.05) is 60.7 Å². The number of carbonyl (C=O) groups excluding carboxylic acids is 1. The third-order valence-electron chi connectivity index (χ3n) is 3.10. The molecule has 1 fully saturated rings. The molecule has 2 aromatic rings. The average molecular weight is 266 g/mol. The standard InChI is InChI=1S/C17H14O3/c18-17-15(11-13-7-3-1-4-8-13)20-16(12-19-17)14-9-5-2-6-10-14/h1-11,16H,12H2/b15-11-. The van der Waals surface area contributed by atoms with Gasteiger partial charge in [0.1, 0.15) is 6.61 Å². The topological polar surface area (TPSA) is 35.5 Å². The van der Waals surface area contributed by atoms with Gasteiger partial charge in [-0.15, -0.1) is 0 Å². The van der Waals surface area contributed by atoms with Crippen molar-refractivity contribution >= 4 is 12.0 Å². The van der Waals surface area contributed by atoms with E-state index in [1.54, 1.807) is 6.08 Å². The number of hydrogen-bond donors (Lipinski definition) is 0. The second-order valence-electron chi connectivity index (χ2n) is 4.53. The molecule has 1 saturated heterocycles. The highest BCUT2D eigenvalue weighted by molar-refractivity contribution is 5.92. The zero-order chi connectivity index (χ0) is 13.8. The Morgan fingerprint density at radius 2 is 1.60 bits per heavy atom. The zero-order valence-corrected chi connectivity index (χ0v) is 10.9. The molecule has 0 aromatic heterocycles. The van der Waals surface area contributed by atoms with Crippen molar-refractivity contribution in [3.05, 3.63) is 77.5 Å². The van der Waals surface area contributed by atoms with E-state index in [0.717, 1.165) is 11.1 Å². The molecule has 3 nitrogen and oxygen atoms in total. The van der Waals surface area contributed by atoms with Crippen LogP contribution in [0.5, 0.6) is 0 Å². The lowest BCUT2D eigenvalue weighted by Crippen LogP contribution is -2.25. The van der Waals surface area contributed by atoms with Crippen LogP contribution in [-0.2, 0) is 14.3 Å². The predicted octanol–water partition coefficient (Wildman–Crippen LogP) is 3.34. The molecule has 1 aliphatic heterocycles. The smallest absolute Gasteiger partial charge is 0.373 e. The Morgan fingerprint density at radius 3 is 2.30 bits per heavy atom. The van der Waals surface area contributed by atoms with Gasteiger partial charge in [-0.2, -0.15) is 0 Å². The van der Waals surface area contributed by atoms with Gasteiger partial charge < -0.3 is 9.47 Å². The maximum atomic E-state index is 11.8. The van der Waals surface area contributed by atoms with E-state index in [1.165, 1.54) is 0 Å². The van der Waals surface area contributed by atoms with Crippen molar-refractivity contribution in [2.24, 2.45) is 0 Å². The van der Waals surface area contributed by atoms with E-state index in [2.05, 4.69) is 0 Å². The summed E-state index contributed by atoms with van der Waals surface area (Å²) in [4.78, 5) is 11.8. The maximum Gasteiger partial charge on any atom is 0.373 e. The zero-order valence-electron chi connectivity index (χ0n) is 10.9. The summed E-state index contributed by atoms with van der Waals surface area (Å²) in [6, 6.07) is 19.3. The Labute approximate surface area is 117 Å². The fourth-order valence-corrected chi connectivity index (χ4v) is 2.08. The molecule has 20 heavy (non-hydrogen) atoms. The molecular formula is C17H14O3. The van der Waals surface area contributed by atoms with E-state index in [4.69, 9.17) is 9.47 Å². The van der Waals surface area contributed by atoms with Crippen LogP contribution >= 0.6 is 0 Å². The van der Waals surface area contributed by atoms with Crippen molar-refractivity contribution in [3.63, 3.8) is 0 Å². The largest absolute Gasteiger partial charge is 0.475 e. The quantitative estimate of drug-likeness (QED) is 0.617. The molecule has 0 amide bonds. The Kier molecular flexibility index (Phi) is 3.50. The third kappa shape index (κ3) is 2.72. The van der Waals surface area contributed by atoms with Gasteiger partial charge in [-0.1, -0.05) is 60.7 Å². The number of ether oxygens (including phenoxy) is 2. The van der Waals surface area contributed by atoms with E-state index < -0.39 is 5.97 Å². The second-order valence-corrected chi connectivity index (χ2v) is 4.53. The molecule has 0 N–H and O–H groups in total. The number of hydrogen-bond acceptors (Lipinski definition) is 3. The van der Waals surface area contributed by atoms with Crippen LogP contribution in [0, 0.1) is 0 Å². The number of cyclic esters (lactones) is 1. The molecule has 1 atom stereocenters. The Hall–Kier alpha value is -2.55. The van der Waals surface area contributed by atoms with Crippen LogP contribution in [0.25, 0.3) is 6.08 Å². The van der Waals surface area contributed by atoms with Gasteiger partial charge >= 0.3 is 5.97 Å². The summed E-state index contributed by atoms with van der Waals surface area (Å²) >= 11 is 0. The molecule has 0 saturated carbocycles. The van der Waals surface area contributed by atoms with Gasteiger partial charge in [0.25, 0.3) is 0 Å². The van der Waals surface area contributed by atoms with Crippen LogP contribution in [0.1, 0.15) is 17.2 Å². The fourth-order valence-electron chi connectivity index (χ4n) is 2.08. The van der Waals surface area contributed by atoms with Gasteiger partial charge in [-0.3, -0.25) is 0 Å². The van der Waals surface area contributed by atoms with Crippen molar-refractivity contribution < 1.29 is 14.3 Å². The Morgan fingerprint density at radius 1 is 0.950 bits per heavy atom. The van der Waals surface area contributed by atoms with E-state index >= 15 is 0 Å². The molecule has 1 aliphatic rings. The first kappa shape index (κ1) is 12.5. The number of rotatable bonds is 2. The van der Waals surface area contributed by atoms with Gasteiger partial charge in [0, 0.05) is 0 Å². The lowest BCUT2D eigenvalue weighted by Gasteiger charge is -2.25. The van der Waals surface area contributed by atoms with Crippen LogP contribution in [-0.4, -0.2) is 12.6 Å². The molecule has 100 valence electrons. The summed E-state index contributed by atoms with van der Waals surface area (Å²) in [6.07, 6.45) is 1.46. The summed E-state index contributed by atoms with van der Waals surface area (Å²) in [5.41, 5.74) is 1.91. The SMILES string of the molecule is O=C1OCC(c2ccccc2)O/C1=C\c1ccccc1. The molecule has 0 bridgehead atoms. The molecule has 0 radical (unpaired) electrons. The van der Waals surface area contributed by atoms with E-state index in [9.17, 15) is 4.79 Å². The molecule has 0 spiro atoms. The minimum atomic E-state index is -0.416. The van der Waals surface area contributed by atoms with Crippen LogP contribution < -0.4 is 0 Å². The summed E-state index contributed by atoms with van der Waals surface area (Å²) in [6.45, 7) is 0.245. The highest BCUT2D eigenvalue weighted by atomic mass is 16.6. The summed E-state index contributed by atoms with van der Waals surface area (Å²) in [5.74, 6) is -0.169. The first-order chi connectivity index (χ1) is 9.83. The van der Waals surface area contributed by atoms with Crippen LogP contribution in [0.4, 0.5) is 0 Å². The van der Waals surface area contributed by atoms with Crippen LogP contribution in [0.15, 0.2) is 66.4 Å². The molecule has 3 rings (SSSR count). The molecule has 2 aromatic carbocycles. The second kappa shape index (κ2) is 5.61. The molecule has 0 aliphatic carbocycles. The fraction of sp³-hybridized carbons (Fsp3) is 0.118. The molecule has 1 heterocycles. The minimum absolute atomic E-state index is 0.245. The normalized spacial score (nSPS) is 20.3. The monoisotopic (exact) mass is 266 g/mol. The van der Waals surface area contributed by atoms with Crippen molar-refractivity contribution in [3.8, 4) is 0 Å². The third-order valence-corrected chi connectivity index (χ3v) is 3.10. The van der Waals surface area contributed by atoms with Gasteiger partial charge in [0.05, 0.1) is 0 Å². The van der Waals surface area contributed by atoms with Crippen molar-refractivity contribution in [2.75, 3.05) is 6.61 Å². The predicted molar refractivity (Wildman–Crippen MR) is 75.6 cm³/mol. The van der Waals surface area contributed by atoms with Crippen molar-refractivity contribution in [1.82, 2.24) is 0 Å². The van der Waals surface area contributed by atoms with Gasteiger partial charge in [0.15, 0.2) is 6.10 Å². The lowest BCUT2D eigenvalue weighted by atomic mass is 10.1. The van der Waals surface area contributed by atoms with Crippen molar-refractivity contribution in [1.29, 1.82) is 0 Å². The van der Waals surface area contributed by atoms with E-state index in [0.29, 0.717) is 0 Å². The summed E-state index contributed by atoms with van der Waals surface area (Å²) < 4.78 is 11.0. The average Bonchev–Trinajstić information content (AvgIpc) is 2.51. The minimum Gasteiger partial charge on any atom is -0.475 e. The maximum absolute atomic E-state index is 11.8. The molecule has 1 unspecified atom stereocenters. The van der Waals surface area contributed by atoms with Gasteiger partial charge in [-0.25, -0.2) is 4.79 Å². The van der Waals surface area contributed by atoms with Crippen LogP contribution in [0.2, 0.25) is 0 Å². The molecule has 3 heteroatoms. The first-order valence-electron chi connectivity index (χ1n) is 6.48.